The van der Waals surface area contributed by atoms with Gasteiger partial charge in [0.1, 0.15) is 0 Å². The first-order chi connectivity index (χ1) is 9.52. The van der Waals surface area contributed by atoms with E-state index in [2.05, 4.69) is 37.4 Å². The van der Waals surface area contributed by atoms with Crippen molar-refractivity contribution >= 4 is 23.2 Å². The summed E-state index contributed by atoms with van der Waals surface area (Å²) in [6, 6.07) is 12.4. The van der Waals surface area contributed by atoms with E-state index in [0.29, 0.717) is 0 Å². The molecule has 1 nitrogen and oxygen atoms in total. The molecule has 1 N–H and O–H groups in total. The van der Waals surface area contributed by atoms with Gasteiger partial charge in [0.2, 0.25) is 0 Å². The summed E-state index contributed by atoms with van der Waals surface area (Å²) in [6.45, 7) is 4.26. The molecule has 0 spiro atoms. The fourth-order valence-electron chi connectivity index (χ4n) is 2.30. The van der Waals surface area contributed by atoms with Gasteiger partial charge in [-0.3, -0.25) is 0 Å². The van der Waals surface area contributed by atoms with Crippen molar-refractivity contribution in [3.63, 3.8) is 0 Å². The van der Waals surface area contributed by atoms with Gasteiger partial charge in [-0.25, -0.2) is 0 Å². The Kier molecular flexibility index (Phi) is 5.09. The summed E-state index contributed by atoms with van der Waals surface area (Å²) in [4.78, 5) is 0. The second kappa shape index (κ2) is 6.62. The van der Waals surface area contributed by atoms with Crippen molar-refractivity contribution in [2.75, 3.05) is 7.05 Å². The molecule has 20 heavy (non-hydrogen) atoms. The van der Waals surface area contributed by atoms with Gasteiger partial charge in [0.05, 0.1) is 0 Å². The van der Waals surface area contributed by atoms with Crippen LogP contribution in [0.4, 0.5) is 0 Å². The Hall–Kier alpha value is -1.02. The van der Waals surface area contributed by atoms with Crippen LogP contribution in [-0.4, -0.2) is 7.05 Å². The minimum Gasteiger partial charge on any atom is -0.313 e. The number of nitrogens with one attached hydrogen (secondary N) is 1. The van der Waals surface area contributed by atoms with E-state index in [1.54, 1.807) is 0 Å². The third-order valence-electron chi connectivity index (χ3n) is 3.75. The molecule has 0 aliphatic carbocycles. The topological polar surface area (TPSA) is 12.0 Å². The average molecular weight is 308 g/mol. The lowest BCUT2D eigenvalue weighted by molar-refractivity contribution is 0.591. The van der Waals surface area contributed by atoms with E-state index < -0.39 is 0 Å². The molecule has 1 atom stereocenters. The number of hydrogen-bond donors (Lipinski definition) is 1. The van der Waals surface area contributed by atoms with E-state index in [9.17, 15) is 0 Å². The van der Waals surface area contributed by atoms with Crippen molar-refractivity contribution in [3.8, 4) is 0 Å². The molecule has 0 amide bonds. The van der Waals surface area contributed by atoms with Gasteiger partial charge in [-0.05, 0) is 61.7 Å². The first-order valence-electron chi connectivity index (χ1n) is 6.70. The molecule has 2 aromatic rings. The van der Waals surface area contributed by atoms with E-state index in [1.807, 2.05) is 25.2 Å². The van der Waals surface area contributed by atoms with Gasteiger partial charge in [-0.1, -0.05) is 47.5 Å². The van der Waals surface area contributed by atoms with Gasteiger partial charge >= 0.3 is 0 Å². The zero-order valence-corrected chi connectivity index (χ0v) is 13.5. The Morgan fingerprint density at radius 3 is 2.20 bits per heavy atom. The Labute approximate surface area is 130 Å². The molecule has 0 aromatic heterocycles. The highest BCUT2D eigenvalue weighted by Crippen LogP contribution is 2.29. The van der Waals surface area contributed by atoms with E-state index in [-0.39, 0.29) is 6.04 Å². The largest absolute Gasteiger partial charge is 0.313 e. The van der Waals surface area contributed by atoms with Crippen LogP contribution < -0.4 is 5.32 Å². The van der Waals surface area contributed by atoms with Crippen LogP contribution in [0.25, 0.3) is 0 Å². The molecule has 0 fully saturated rings. The minimum atomic E-state index is 0.201. The molecule has 0 saturated heterocycles. The smallest absolute Gasteiger partial charge is 0.0453 e. The minimum absolute atomic E-state index is 0.201. The second-order valence-electron chi connectivity index (χ2n) is 5.09. The lowest BCUT2D eigenvalue weighted by atomic mass is 9.96. The molecule has 0 heterocycles. The molecule has 106 valence electrons. The molecule has 0 bridgehead atoms. The van der Waals surface area contributed by atoms with Crippen molar-refractivity contribution < 1.29 is 0 Å². The number of aryl methyl sites for hydroxylation is 2. The number of halogens is 2. The predicted molar refractivity (Wildman–Crippen MR) is 87.9 cm³/mol. The molecule has 0 aliphatic rings. The second-order valence-corrected chi connectivity index (χ2v) is 5.90. The highest BCUT2D eigenvalue weighted by atomic mass is 35.5. The quantitative estimate of drug-likeness (QED) is 0.827. The van der Waals surface area contributed by atoms with Crippen LogP contribution in [0.5, 0.6) is 0 Å². The molecular weight excluding hydrogens is 289 g/mol. The first-order valence-corrected chi connectivity index (χ1v) is 7.46. The van der Waals surface area contributed by atoms with Gasteiger partial charge in [-0.2, -0.15) is 0 Å². The van der Waals surface area contributed by atoms with Crippen LogP contribution in [0, 0.1) is 13.8 Å². The van der Waals surface area contributed by atoms with E-state index in [1.165, 1.54) is 16.7 Å². The number of rotatable bonds is 4. The predicted octanol–water partition coefficient (Wildman–Crippen LogP) is 5.11. The standard InChI is InChI=1S/C17H19Cl2N/c1-11-7-8-13(9-12(11)2)17(20-3)10-14-15(18)5-4-6-16(14)19/h4-9,17,20H,10H2,1-3H3. The highest BCUT2D eigenvalue weighted by Gasteiger charge is 2.15. The summed E-state index contributed by atoms with van der Waals surface area (Å²) in [7, 11) is 1.96. The molecule has 0 aliphatic heterocycles. The van der Waals surface area contributed by atoms with Crippen LogP contribution >= 0.6 is 23.2 Å². The summed E-state index contributed by atoms with van der Waals surface area (Å²) in [5, 5.41) is 4.80. The highest BCUT2D eigenvalue weighted by molar-refractivity contribution is 6.36. The van der Waals surface area contributed by atoms with Gasteiger partial charge in [0.25, 0.3) is 0 Å². The maximum atomic E-state index is 6.26. The molecule has 2 rings (SSSR count). The van der Waals surface area contributed by atoms with Crippen molar-refractivity contribution in [3.05, 3.63) is 68.7 Å². The number of likely N-dealkylation sites (N-methyl/N-ethyl adjacent to an activating group) is 1. The fraction of sp³-hybridized carbons (Fsp3) is 0.294. The van der Waals surface area contributed by atoms with Crippen LogP contribution in [0.15, 0.2) is 36.4 Å². The fourth-order valence-corrected chi connectivity index (χ4v) is 2.85. The van der Waals surface area contributed by atoms with Crippen molar-refractivity contribution in [2.24, 2.45) is 0 Å². The van der Waals surface area contributed by atoms with Gasteiger partial charge in [-0.15, -0.1) is 0 Å². The average Bonchev–Trinajstić information content (AvgIpc) is 2.42. The van der Waals surface area contributed by atoms with E-state index in [4.69, 9.17) is 23.2 Å². The first kappa shape index (κ1) is 15.4. The molecule has 3 heteroatoms. The Morgan fingerprint density at radius 1 is 1.00 bits per heavy atom. The number of benzene rings is 2. The normalized spacial score (nSPS) is 12.4. The van der Waals surface area contributed by atoms with Crippen LogP contribution in [0.3, 0.4) is 0 Å². The zero-order chi connectivity index (χ0) is 14.7. The Morgan fingerprint density at radius 2 is 1.65 bits per heavy atom. The Bertz CT molecular complexity index is 588. The van der Waals surface area contributed by atoms with Crippen molar-refractivity contribution in [2.45, 2.75) is 26.3 Å². The van der Waals surface area contributed by atoms with Gasteiger partial charge in [0, 0.05) is 16.1 Å². The summed E-state index contributed by atoms with van der Waals surface area (Å²) >= 11 is 12.5. The lowest BCUT2D eigenvalue weighted by Crippen LogP contribution is -2.19. The third kappa shape index (κ3) is 3.35. The lowest BCUT2D eigenvalue weighted by Gasteiger charge is -2.19. The van der Waals surface area contributed by atoms with Gasteiger partial charge < -0.3 is 5.32 Å². The van der Waals surface area contributed by atoms with E-state index in [0.717, 1.165) is 22.0 Å². The summed E-state index contributed by atoms with van der Waals surface area (Å²) in [6.07, 6.45) is 0.775. The molecule has 2 aromatic carbocycles. The van der Waals surface area contributed by atoms with Crippen LogP contribution in [0.1, 0.15) is 28.3 Å². The zero-order valence-electron chi connectivity index (χ0n) is 12.0. The summed E-state index contributed by atoms with van der Waals surface area (Å²) in [5.74, 6) is 0. The van der Waals surface area contributed by atoms with Crippen LogP contribution in [0.2, 0.25) is 10.0 Å². The maximum absolute atomic E-state index is 6.26. The van der Waals surface area contributed by atoms with Gasteiger partial charge in [0.15, 0.2) is 0 Å². The van der Waals surface area contributed by atoms with Crippen molar-refractivity contribution in [1.82, 2.24) is 5.32 Å². The third-order valence-corrected chi connectivity index (χ3v) is 4.46. The maximum Gasteiger partial charge on any atom is 0.0453 e. The summed E-state index contributed by atoms with van der Waals surface area (Å²) < 4.78 is 0. The SMILES string of the molecule is CNC(Cc1c(Cl)cccc1Cl)c1ccc(C)c(C)c1. The monoisotopic (exact) mass is 307 g/mol. The summed E-state index contributed by atoms with van der Waals surface area (Å²) in [5.41, 5.74) is 4.85. The molecule has 0 radical (unpaired) electrons. The molecule has 0 saturated carbocycles. The Balaban J connectivity index is 2.31. The number of hydrogen-bond acceptors (Lipinski definition) is 1. The molecule has 1 unspecified atom stereocenters. The van der Waals surface area contributed by atoms with Crippen LogP contribution in [-0.2, 0) is 6.42 Å². The van der Waals surface area contributed by atoms with E-state index >= 15 is 0 Å². The van der Waals surface area contributed by atoms with Crippen molar-refractivity contribution in [1.29, 1.82) is 0 Å². The molecular formula is C17H19Cl2N.